The number of benzene rings is 2. The van der Waals surface area contributed by atoms with E-state index in [0.717, 1.165) is 3.57 Å². The third-order valence-electron chi connectivity index (χ3n) is 4.20. The van der Waals surface area contributed by atoms with Crippen LogP contribution in [0.5, 0.6) is 0 Å². The maximum absolute atomic E-state index is 12.7. The fourth-order valence-corrected chi connectivity index (χ4v) is 3.91. The Morgan fingerprint density at radius 2 is 1.77 bits per heavy atom. The first-order chi connectivity index (χ1) is 12.4. The highest BCUT2D eigenvalue weighted by Gasteiger charge is 2.28. The summed E-state index contributed by atoms with van der Waals surface area (Å²) in [7, 11) is 0. The minimum Gasteiger partial charge on any atom is -0.361 e. The van der Waals surface area contributed by atoms with Crippen LogP contribution >= 0.6 is 45.8 Å². The van der Waals surface area contributed by atoms with E-state index < -0.39 is 4.92 Å². The van der Waals surface area contributed by atoms with Crippen molar-refractivity contribution in [3.63, 3.8) is 0 Å². The number of nitro benzene ring substituents is 1. The number of carbonyl (C=O) groups excluding carboxylic acids is 1. The Labute approximate surface area is 174 Å². The smallest absolute Gasteiger partial charge is 0.294 e. The van der Waals surface area contributed by atoms with E-state index in [4.69, 9.17) is 23.2 Å². The molecule has 2 aromatic rings. The molecule has 6 nitrogen and oxygen atoms in total. The van der Waals surface area contributed by atoms with Crippen molar-refractivity contribution >= 4 is 63.1 Å². The predicted octanol–water partition coefficient (Wildman–Crippen LogP) is 4.47. The van der Waals surface area contributed by atoms with E-state index in [0.29, 0.717) is 47.5 Å². The second kappa shape index (κ2) is 7.98. The number of hydrogen-bond donors (Lipinski definition) is 0. The lowest BCUT2D eigenvalue weighted by molar-refractivity contribution is -0.384. The summed E-state index contributed by atoms with van der Waals surface area (Å²) in [6.07, 6.45) is 0. The molecule has 9 heteroatoms. The van der Waals surface area contributed by atoms with Crippen LogP contribution in [0.3, 0.4) is 0 Å². The highest BCUT2D eigenvalue weighted by atomic mass is 127. The molecule has 1 aliphatic rings. The molecule has 0 N–H and O–H groups in total. The fraction of sp³-hybridized carbons (Fsp3) is 0.235. The average molecular weight is 506 g/mol. The minimum atomic E-state index is -0.440. The number of nitrogens with zero attached hydrogens (tertiary/aromatic N) is 3. The number of nitro groups is 1. The van der Waals surface area contributed by atoms with Crippen LogP contribution < -0.4 is 4.90 Å². The number of anilines is 1. The number of halogens is 3. The van der Waals surface area contributed by atoms with Crippen molar-refractivity contribution in [3.8, 4) is 0 Å². The van der Waals surface area contributed by atoms with Gasteiger partial charge in [0, 0.05) is 35.8 Å². The second-order valence-corrected chi connectivity index (χ2v) is 7.83. The third kappa shape index (κ3) is 3.89. The first-order valence-corrected chi connectivity index (χ1v) is 9.64. The second-order valence-electron chi connectivity index (χ2n) is 5.77. The molecule has 0 aromatic heterocycles. The van der Waals surface area contributed by atoms with Crippen molar-refractivity contribution in [1.29, 1.82) is 0 Å². The van der Waals surface area contributed by atoms with E-state index in [1.54, 1.807) is 29.2 Å². The first-order valence-electron chi connectivity index (χ1n) is 7.80. The highest BCUT2D eigenvalue weighted by Crippen LogP contribution is 2.36. The maximum Gasteiger partial charge on any atom is 0.294 e. The van der Waals surface area contributed by atoms with Gasteiger partial charge < -0.3 is 9.80 Å². The molecule has 0 unspecified atom stereocenters. The largest absolute Gasteiger partial charge is 0.361 e. The molecule has 1 amide bonds. The summed E-state index contributed by atoms with van der Waals surface area (Å²) in [6.45, 7) is 1.78. The van der Waals surface area contributed by atoms with Crippen LogP contribution in [0.1, 0.15) is 10.4 Å². The van der Waals surface area contributed by atoms with Crippen molar-refractivity contribution in [1.82, 2.24) is 4.90 Å². The van der Waals surface area contributed by atoms with E-state index in [1.807, 2.05) is 11.0 Å². The zero-order valence-electron chi connectivity index (χ0n) is 13.5. The molecule has 1 fully saturated rings. The van der Waals surface area contributed by atoms with Crippen LogP contribution in [-0.4, -0.2) is 41.9 Å². The topological polar surface area (TPSA) is 66.7 Å². The summed E-state index contributed by atoms with van der Waals surface area (Å²) in [6, 6.07) is 9.94. The lowest BCUT2D eigenvalue weighted by Gasteiger charge is -2.36. The molecule has 0 aliphatic carbocycles. The van der Waals surface area contributed by atoms with Crippen LogP contribution in [0, 0.1) is 13.7 Å². The lowest BCUT2D eigenvalue weighted by Crippen LogP contribution is -2.49. The zero-order chi connectivity index (χ0) is 18.8. The van der Waals surface area contributed by atoms with Crippen LogP contribution in [0.15, 0.2) is 36.4 Å². The van der Waals surface area contributed by atoms with E-state index in [2.05, 4.69) is 22.6 Å². The van der Waals surface area contributed by atoms with Gasteiger partial charge in [-0.05, 0) is 46.9 Å². The van der Waals surface area contributed by atoms with E-state index in [1.165, 1.54) is 6.07 Å². The molecule has 0 saturated carbocycles. The van der Waals surface area contributed by atoms with Gasteiger partial charge in [0.05, 0.1) is 20.5 Å². The van der Waals surface area contributed by atoms with Gasteiger partial charge in [-0.3, -0.25) is 14.9 Å². The van der Waals surface area contributed by atoms with Gasteiger partial charge >= 0.3 is 0 Å². The van der Waals surface area contributed by atoms with Gasteiger partial charge in [0.25, 0.3) is 11.6 Å². The van der Waals surface area contributed by atoms with Gasteiger partial charge in [0.2, 0.25) is 0 Å². The summed E-state index contributed by atoms with van der Waals surface area (Å²) in [5.41, 5.74) is 0.840. The quantitative estimate of drug-likeness (QED) is 0.350. The van der Waals surface area contributed by atoms with Crippen molar-refractivity contribution in [2.45, 2.75) is 0 Å². The Morgan fingerprint density at radius 3 is 2.42 bits per heavy atom. The summed E-state index contributed by atoms with van der Waals surface area (Å²) in [5, 5.41) is 12.0. The zero-order valence-corrected chi connectivity index (χ0v) is 17.2. The normalized spacial score (nSPS) is 14.4. The summed E-state index contributed by atoms with van der Waals surface area (Å²) in [5.74, 6) is -0.137. The Bertz CT molecular complexity index is 870. The Kier molecular flexibility index (Phi) is 5.89. The molecule has 26 heavy (non-hydrogen) atoms. The number of piperazine rings is 1. The molecule has 136 valence electrons. The van der Waals surface area contributed by atoms with Gasteiger partial charge in [-0.2, -0.15) is 0 Å². The van der Waals surface area contributed by atoms with E-state index >= 15 is 0 Å². The molecule has 0 atom stereocenters. The number of hydrogen-bond acceptors (Lipinski definition) is 4. The van der Waals surface area contributed by atoms with Crippen LogP contribution in [0.25, 0.3) is 0 Å². The summed E-state index contributed by atoms with van der Waals surface area (Å²) < 4.78 is 0.931. The number of rotatable bonds is 3. The molecule has 2 aromatic carbocycles. The summed E-state index contributed by atoms with van der Waals surface area (Å²) in [4.78, 5) is 27.1. The van der Waals surface area contributed by atoms with Crippen LogP contribution in [-0.2, 0) is 0 Å². The number of para-hydroxylation sites is 1. The van der Waals surface area contributed by atoms with E-state index in [-0.39, 0.29) is 11.6 Å². The number of carbonyl (C=O) groups is 1. The summed E-state index contributed by atoms with van der Waals surface area (Å²) >= 11 is 14.5. The third-order valence-corrected chi connectivity index (χ3v) is 5.51. The lowest BCUT2D eigenvalue weighted by atomic mass is 10.1. The van der Waals surface area contributed by atoms with Crippen molar-refractivity contribution < 1.29 is 9.72 Å². The monoisotopic (exact) mass is 505 g/mol. The molecular weight excluding hydrogens is 492 g/mol. The SMILES string of the molecule is O=C(c1cc(I)ccc1Cl)N1CCN(c2c(Cl)cccc2[N+](=O)[O-])CC1. The van der Waals surface area contributed by atoms with Crippen molar-refractivity contribution in [2.24, 2.45) is 0 Å². The van der Waals surface area contributed by atoms with Crippen molar-refractivity contribution in [2.75, 3.05) is 31.1 Å². The molecule has 1 aliphatic heterocycles. The number of amides is 1. The molecule has 1 heterocycles. The van der Waals surface area contributed by atoms with E-state index in [9.17, 15) is 14.9 Å². The minimum absolute atomic E-state index is 0.0297. The van der Waals surface area contributed by atoms with Gasteiger partial charge in [0.15, 0.2) is 0 Å². The Hall–Kier alpha value is -1.58. The average Bonchev–Trinajstić information content (AvgIpc) is 2.63. The van der Waals surface area contributed by atoms with Gasteiger partial charge in [-0.25, -0.2) is 0 Å². The Morgan fingerprint density at radius 1 is 1.08 bits per heavy atom. The standard InChI is InChI=1S/C17H14Cl2IN3O3/c18-13-5-4-11(20)10-12(13)17(24)22-8-6-21(7-9-22)16-14(19)2-1-3-15(16)23(25)26/h1-5,10H,6-9H2. The molecule has 1 saturated heterocycles. The Balaban J connectivity index is 1.77. The molecule has 0 spiro atoms. The fourth-order valence-electron chi connectivity index (χ4n) is 2.93. The van der Waals surface area contributed by atoms with Gasteiger partial charge in [-0.1, -0.05) is 29.3 Å². The van der Waals surface area contributed by atoms with Crippen LogP contribution in [0.2, 0.25) is 10.0 Å². The van der Waals surface area contributed by atoms with Crippen molar-refractivity contribution in [3.05, 3.63) is 65.7 Å². The van der Waals surface area contributed by atoms with Crippen LogP contribution in [0.4, 0.5) is 11.4 Å². The van der Waals surface area contributed by atoms with Gasteiger partial charge in [0.1, 0.15) is 5.69 Å². The maximum atomic E-state index is 12.7. The molecule has 3 rings (SSSR count). The molecule has 0 bridgehead atoms. The first kappa shape index (κ1) is 19.2. The highest BCUT2D eigenvalue weighted by molar-refractivity contribution is 14.1. The van der Waals surface area contributed by atoms with Gasteiger partial charge in [-0.15, -0.1) is 0 Å². The predicted molar refractivity (Wildman–Crippen MR) is 110 cm³/mol. The molecular formula is C17H14Cl2IN3O3. The molecule has 0 radical (unpaired) electrons.